The third-order valence-electron chi connectivity index (χ3n) is 4.66. The average molecular weight is 339 g/mol. The van der Waals surface area contributed by atoms with Crippen LogP contribution < -0.4 is 10.2 Å². The van der Waals surface area contributed by atoms with Crippen LogP contribution in [0.3, 0.4) is 0 Å². The summed E-state index contributed by atoms with van der Waals surface area (Å²) >= 11 is 0. The van der Waals surface area contributed by atoms with Crippen molar-refractivity contribution < 1.29 is 18.7 Å². The summed E-state index contributed by atoms with van der Waals surface area (Å²) in [6, 6.07) is 1.78. The molecule has 2 fully saturated rings. The number of rotatable bonds is 5. The van der Waals surface area contributed by atoms with Gasteiger partial charge in [-0.3, -0.25) is 0 Å². The van der Waals surface area contributed by atoms with Gasteiger partial charge in [-0.1, -0.05) is 0 Å². The van der Waals surface area contributed by atoms with Gasteiger partial charge >= 0.3 is 6.03 Å². The standard InChI is InChI=1S/C17H23F2N3O2/c1-21(10-15(23)11-4-5-11)17(24)20-12-8-13(18)16(14(19)9-12)22-6-2-3-7-22/h8-9,11,15,23H,2-7,10H2,1H3,(H,20,24). The van der Waals surface area contributed by atoms with Gasteiger partial charge < -0.3 is 20.2 Å². The van der Waals surface area contributed by atoms with Crippen molar-refractivity contribution in [3.63, 3.8) is 0 Å². The van der Waals surface area contributed by atoms with Crippen molar-refractivity contribution in [2.45, 2.75) is 31.8 Å². The van der Waals surface area contributed by atoms with Gasteiger partial charge in [0.05, 0.1) is 6.10 Å². The second kappa shape index (κ2) is 6.93. The number of urea groups is 1. The molecule has 1 aromatic carbocycles. The van der Waals surface area contributed by atoms with Crippen LogP contribution in [0.2, 0.25) is 0 Å². The minimum absolute atomic E-state index is 0.0250. The van der Waals surface area contributed by atoms with Gasteiger partial charge in [0.15, 0.2) is 11.6 Å². The molecule has 2 aliphatic rings. The van der Waals surface area contributed by atoms with Crippen LogP contribution in [0.4, 0.5) is 25.0 Å². The van der Waals surface area contributed by atoms with Crippen molar-refractivity contribution in [1.82, 2.24) is 4.90 Å². The minimum atomic E-state index is -0.673. The maximum atomic E-state index is 14.3. The number of likely N-dealkylation sites (N-methyl/N-ethyl adjacent to an activating group) is 1. The predicted molar refractivity (Wildman–Crippen MR) is 88.2 cm³/mol. The number of aliphatic hydroxyl groups excluding tert-OH is 1. The molecule has 1 aromatic rings. The highest BCUT2D eigenvalue weighted by Gasteiger charge is 2.31. The maximum Gasteiger partial charge on any atom is 0.321 e. The number of hydrogen-bond donors (Lipinski definition) is 2. The molecule has 2 amide bonds. The first-order chi connectivity index (χ1) is 11.5. The molecule has 1 saturated heterocycles. The maximum absolute atomic E-state index is 14.3. The molecular formula is C17H23F2N3O2. The first-order valence-electron chi connectivity index (χ1n) is 8.40. The van der Waals surface area contributed by atoms with Gasteiger partial charge in [0, 0.05) is 32.4 Å². The number of carbonyl (C=O) groups is 1. The van der Waals surface area contributed by atoms with Crippen LogP contribution in [0, 0.1) is 17.6 Å². The van der Waals surface area contributed by atoms with Gasteiger partial charge in [0.2, 0.25) is 0 Å². The molecule has 2 N–H and O–H groups in total. The number of aliphatic hydroxyl groups is 1. The largest absolute Gasteiger partial charge is 0.391 e. The number of halogens is 2. The van der Waals surface area contributed by atoms with Gasteiger partial charge in [-0.25, -0.2) is 13.6 Å². The summed E-state index contributed by atoms with van der Waals surface area (Å²) < 4.78 is 28.5. The third-order valence-corrected chi connectivity index (χ3v) is 4.66. The molecule has 1 aliphatic heterocycles. The molecule has 1 heterocycles. The second-order valence-corrected chi connectivity index (χ2v) is 6.70. The van der Waals surface area contributed by atoms with E-state index in [1.807, 2.05) is 0 Å². The van der Waals surface area contributed by atoms with Crippen LogP contribution >= 0.6 is 0 Å². The summed E-state index contributed by atoms with van der Waals surface area (Å²) in [6.07, 6.45) is 3.25. The normalized spacial score (nSPS) is 18.6. The van der Waals surface area contributed by atoms with Crippen LogP contribution in [0.15, 0.2) is 12.1 Å². The molecular weight excluding hydrogens is 316 g/mol. The van der Waals surface area contributed by atoms with E-state index in [4.69, 9.17) is 0 Å². The lowest BCUT2D eigenvalue weighted by Gasteiger charge is -2.22. The van der Waals surface area contributed by atoms with Crippen molar-refractivity contribution in [2.24, 2.45) is 5.92 Å². The zero-order valence-electron chi connectivity index (χ0n) is 13.8. The molecule has 1 aliphatic carbocycles. The van der Waals surface area contributed by atoms with Crippen molar-refractivity contribution in [2.75, 3.05) is 36.9 Å². The van der Waals surface area contributed by atoms with Crippen LogP contribution in [-0.2, 0) is 0 Å². The number of carbonyl (C=O) groups excluding carboxylic acids is 1. The lowest BCUT2D eigenvalue weighted by molar-refractivity contribution is 0.117. The number of nitrogens with zero attached hydrogens (tertiary/aromatic N) is 2. The smallest absolute Gasteiger partial charge is 0.321 e. The Morgan fingerprint density at radius 2 is 1.92 bits per heavy atom. The van der Waals surface area contributed by atoms with Gasteiger partial charge in [0.25, 0.3) is 0 Å². The summed E-state index contributed by atoms with van der Waals surface area (Å²) in [5.41, 5.74) is 0.0497. The van der Waals surface area contributed by atoms with Crippen molar-refractivity contribution in [1.29, 1.82) is 0 Å². The lowest BCUT2D eigenvalue weighted by atomic mass is 10.2. The number of hydrogen-bond acceptors (Lipinski definition) is 3. The predicted octanol–water partition coefficient (Wildman–Crippen LogP) is 2.80. The zero-order chi connectivity index (χ0) is 17.3. The SMILES string of the molecule is CN(CC(O)C1CC1)C(=O)Nc1cc(F)c(N2CCCC2)c(F)c1. The Labute approximate surface area is 140 Å². The number of nitrogens with one attached hydrogen (secondary N) is 1. The van der Waals surface area contributed by atoms with E-state index in [1.165, 1.54) is 4.90 Å². The quantitative estimate of drug-likeness (QED) is 0.867. The van der Waals surface area contributed by atoms with Gasteiger partial charge in [-0.2, -0.15) is 0 Å². The van der Waals surface area contributed by atoms with Crippen molar-refractivity contribution in [3.05, 3.63) is 23.8 Å². The highest BCUT2D eigenvalue weighted by atomic mass is 19.1. The highest BCUT2D eigenvalue weighted by Crippen LogP contribution is 2.33. The molecule has 1 unspecified atom stereocenters. The molecule has 0 spiro atoms. The average Bonchev–Trinajstić information content (AvgIpc) is 3.24. The van der Waals surface area contributed by atoms with E-state index in [0.717, 1.165) is 37.8 Å². The summed E-state index contributed by atoms with van der Waals surface area (Å²) in [7, 11) is 1.55. The van der Waals surface area contributed by atoms with Crippen LogP contribution in [-0.4, -0.2) is 48.8 Å². The van der Waals surface area contributed by atoms with E-state index in [0.29, 0.717) is 13.1 Å². The van der Waals surface area contributed by atoms with Crippen LogP contribution in [0.25, 0.3) is 0 Å². The van der Waals surface area contributed by atoms with Gasteiger partial charge in [-0.15, -0.1) is 0 Å². The molecule has 0 aromatic heterocycles. The molecule has 3 rings (SSSR count). The Morgan fingerprint density at radius 1 is 1.33 bits per heavy atom. The minimum Gasteiger partial charge on any atom is -0.391 e. The summed E-state index contributed by atoms with van der Waals surface area (Å²) in [4.78, 5) is 15.1. The summed E-state index contributed by atoms with van der Waals surface area (Å²) in [5.74, 6) is -1.09. The fourth-order valence-corrected chi connectivity index (χ4v) is 3.09. The molecule has 0 bridgehead atoms. The number of amides is 2. The van der Waals surface area contributed by atoms with E-state index < -0.39 is 23.8 Å². The number of anilines is 2. The molecule has 5 nitrogen and oxygen atoms in total. The first-order valence-corrected chi connectivity index (χ1v) is 8.40. The van der Waals surface area contributed by atoms with E-state index >= 15 is 0 Å². The molecule has 0 radical (unpaired) electrons. The van der Waals surface area contributed by atoms with E-state index in [9.17, 15) is 18.7 Å². The van der Waals surface area contributed by atoms with Crippen molar-refractivity contribution >= 4 is 17.4 Å². The number of benzene rings is 1. The van der Waals surface area contributed by atoms with Crippen LogP contribution in [0.5, 0.6) is 0 Å². The molecule has 1 atom stereocenters. The zero-order valence-corrected chi connectivity index (χ0v) is 13.8. The third kappa shape index (κ3) is 3.77. The van der Waals surface area contributed by atoms with Crippen molar-refractivity contribution in [3.8, 4) is 0 Å². The Bertz CT molecular complexity index is 593. The molecule has 24 heavy (non-hydrogen) atoms. The van der Waals surface area contributed by atoms with Gasteiger partial charge in [0.1, 0.15) is 5.69 Å². The first kappa shape index (κ1) is 17.0. The highest BCUT2D eigenvalue weighted by molar-refractivity contribution is 5.89. The van der Waals surface area contributed by atoms with E-state index in [-0.39, 0.29) is 23.8 Å². The monoisotopic (exact) mass is 339 g/mol. The Balaban J connectivity index is 1.64. The Kier molecular flexibility index (Phi) is 4.89. The van der Waals surface area contributed by atoms with E-state index in [1.54, 1.807) is 11.9 Å². The summed E-state index contributed by atoms with van der Waals surface area (Å²) in [6.45, 7) is 1.48. The summed E-state index contributed by atoms with van der Waals surface area (Å²) in [5, 5.41) is 12.4. The molecule has 7 heteroatoms. The van der Waals surface area contributed by atoms with Crippen LogP contribution in [0.1, 0.15) is 25.7 Å². The fourth-order valence-electron chi connectivity index (χ4n) is 3.09. The van der Waals surface area contributed by atoms with Gasteiger partial charge in [-0.05, 0) is 43.7 Å². The fraction of sp³-hybridized carbons (Fsp3) is 0.588. The topological polar surface area (TPSA) is 55.8 Å². The van der Waals surface area contributed by atoms with E-state index in [2.05, 4.69) is 5.32 Å². The lowest BCUT2D eigenvalue weighted by Crippen LogP contribution is -2.38. The second-order valence-electron chi connectivity index (χ2n) is 6.70. The molecule has 132 valence electrons. The Hall–Kier alpha value is -1.89. The molecule has 1 saturated carbocycles. The Morgan fingerprint density at radius 3 is 2.46 bits per heavy atom.